The maximum Gasteiger partial charge on any atom is 0.228 e. The molecule has 2 heterocycles. The number of anilines is 1. The number of thiophene rings is 1. The average molecular weight is 267 g/mol. The van der Waals surface area contributed by atoms with Crippen molar-refractivity contribution < 1.29 is 4.79 Å². The molecule has 100 valence electrons. The Morgan fingerprint density at radius 1 is 1.50 bits per heavy atom. The van der Waals surface area contributed by atoms with E-state index >= 15 is 0 Å². The fourth-order valence-corrected chi connectivity index (χ4v) is 3.09. The molecule has 0 saturated carbocycles. The molecule has 1 aromatic rings. The Kier molecular flexibility index (Phi) is 4.74. The summed E-state index contributed by atoms with van der Waals surface area (Å²) < 4.78 is 0. The lowest BCUT2D eigenvalue weighted by Crippen LogP contribution is -2.44. The zero-order valence-corrected chi connectivity index (χ0v) is 11.9. The van der Waals surface area contributed by atoms with Crippen LogP contribution in [0.2, 0.25) is 0 Å². The van der Waals surface area contributed by atoms with Crippen LogP contribution in [0.25, 0.3) is 0 Å². The van der Waals surface area contributed by atoms with E-state index in [0.29, 0.717) is 6.42 Å². The minimum Gasteiger partial charge on any atom is -0.314 e. The molecule has 0 spiro atoms. The van der Waals surface area contributed by atoms with Gasteiger partial charge in [0.25, 0.3) is 0 Å². The summed E-state index contributed by atoms with van der Waals surface area (Å²) in [6, 6.07) is 2.06. The SMILES string of the molecule is Cc1ccsc1N(C)C(=O)CCN1CCNCC1. The first-order valence-electron chi connectivity index (χ1n) is 6.42. The highest BCUT2D eigenvalue weighted by molar-refractivity contribution is 7.14. The number of aryl methyl sites for hydroxylation is 1. The van der Waals surface area contributed by atoms with Crippen molar-refractivity contribution in [3.63, 3.8) is 0 Å². The van der Waals surface area contributed by atoms with Crippen LogP contribution >= 0.6 is 11.3 Å². The predicted molar refractivity (Wildman–Crippen MR) is 76.4 cm³/mol. The highest BCUT2D eigenvalue weighted by Crippen LogP contribution is 2.26. The van der Waals surface area contributed by atoms with Crippen molar-refractivity contribution in [1.29, 1.82) is 0 Å². The van der Waals surface area contributed by atoms with Crippen LogP contribution in [0, 0.1) is 6.92 Å². The third-order valence-corrected chi connectivity index (χ3v) is 4.46. The van der Waals surface area contributed by atoms with Crippen molar-refractivity contribution in [1.82, 2.24) is 10.2 Å². The quantitative estimate of drug-likeness (QED) is 0.893. The van der Waals surface area contributed by atoms with Gasteiger partial charge in [-0.25, -0.2) is 0 Å². The summed E-state index contributed by atoms with van der Waals surface area (Å²) in [5.74, 6) is 0.207. The Balaban J connectivity index is 1.82. The van der Waals surface area contributed by atoms with Gasteiger partial charge in [0.05, 0.1) is 0 Å². The molecule has 18 heavy (non-hydrogen) atoms. The topological polar surface area (TPSA) is 35.6 Å². The first-order valence-corrected chi connectivity index (χ1v) is 7.30. The molecule has 1 aromatic heterocycles. The van der Waals surface area contributed by atoms with Crippen LogP contribution in [0.5, 0.6) is 0 Å². The largest absolute Gasteiger partial charge is 0.314 e. The monoisotopic (exact) mass is 267 g/mol. The van der Waals surface area contributed by atoms with E-state index in [1.54, 1.807) is 16.2 Å². The Hall–Kier alpha value is -0.910. The van der Waals surface area contributed by atoms with Gasteiger partial charge >= 0.3 is 0 Å². The van der Waals surface area contributed by atoms with Crippen molar-refractivity contribution in [3.05, 3.63) is 17.0 Å². The maximum atomic E-state index is 12.1. The number of hydrogen-bond acceptors (Lipinski definition) is 4. The summed E-state index contributed by atoms with van der Waals surface area (Å²) in [4.78, 5) is 16.3. The second-order valence-corrected chi connectivity index (χ2v) is 5.60. The molecular weight excluding hydrogens is 246 g/mol. The average Bonchev–Trinajstić information content (AvgIpc) is 2.82. The van der Waals surface area contributed by atoms with Gasteiger partial charge in [-0.2, -0.15) is 0 Å². The minimum absolute atomic E-state index is 0.207. The summed E-state index contributed by atoms with van der Waals surface area (Å²) in [7, 11) is 1.87. The van der Waals surface area contributed by atoms with Crippen LogP contribution in [-0.4, -0.2) is 50.6 Å². The van der Waals surface area contributed by atoms with Gasteiger partial charge in [0, 0.05) is 46.2 Å². The van der Waals surface area contributed by atoms with Gasteiger partial charge in [0.1, 0.15) is 5.00 Å². The van der Waals surface area contributed by atoms with Crippen LogP contribution in [0.3, 0.4) is 0 Å². The van der Waals surface area contributed by atoms with Crippen LogP contribution in [0.4, 0.5) is 5.00 Å². The first kappa shape index (κ1) is 13.5. The lowest BCUT2D eigenvalue weighted by molar-refractivity contribution is -0.118. The van der Waals surface area contributed by atoms with E-state index < -0.39 is 0 Å². The molecule has 0 atom stereocenters. The van der Waals surface area contributed by atoms with Gasteiger partial charge in [0.2, 0.25) is 5.91 Å². The summed E-state index contributed by atoms with van der Waals surface area (Å²) in [6.45, 7) is 7.09. The molecule has 0 bridgehead atoms. The summed E-state index contributed by atoms with van der Waals surface area (Å²) >= 11 is 1.63. The van der Waals surface area contributed by atoms with E-state index in [1.165, 1.54) is 5.56 Å². The van der Waals surface area contributed by atoms with Crippen LogP contribution in [0.1, 0.15) is 12.0 Å². The highest BCUT2D eigenvalue weighted by atomic mass is 32.1. The number of hydrogen-bond donors (Lipinski definition) is 1. The Morgan fingerprint density at radius 3 is 2.83 bits per heavy atom. The number of amides is 1. The second-order valence-electron chi connectivity index (χ2n) is 4.70. The van der Waals surface area contributed by atoms with E-state index in [1.807, 2.05) is 19.4 Å². The van der Waals surface area contributed by atoms with Gasteiger partial charge in [-0.1, -0.05) is 0 Å². The first-order chi connectivity index (χ1) is 8.68. The van der Waals surface area contributed by atoms with Crippen molar-refractivity contribution in [2.45, 2.75) is 13.3 Å². The number of rotatable bonds is 4. The summed E-state index contributed by atoms with van der Waals surface area (Å²) in [5.41, 5.74) is 1.18. The van der Waals surface area contributed by atoms with E-state index in [0.717, 1.165) is 37.7 Å². The lowest BCUT2D eigenvalue weighted by atomic mass is 10.3. The number of carbonyl (C=O) groups is 1. The van der Waals surface area contributed by atoms with Crippen molar-refractivity contribution in [3.8, 4) is 0 Å². The van der Waals surface area contributed by atoms with E-state index in [-0.39, 0.29) is 5.91 Å². The third-order valence-electron chi connectivity index (χ3n) is 3.37. The van der Waals surface area contributed by atoms with E-state index in [2.05, 4.69) is 16.3 Å². The molecule has 1 amide bonds. The Bertz CT molecular complexity index is 399. The van der Waals surface area contributed by atoms with Gasteiger partial charge in [-0.15, -0.1) is 11.3 Å². The number of piperazine rings is 1. The molecule has 1 N–H and O–H groups in total. The second kappa shape index (κ2) is 6.31. The van der Waals surface area contributed by atoms with Gasteiger partial charge in [-0.3, -0.25) is 4.79 Å². The summed E-state index contributed by atoms with van der Waals surface area (Å²) in [5, 5.41) is 6.42. The summed E-state index contributed by atoms with van der Waals surface area (Å²) in [6.07, 6.45) is 0.605. The van der Waals surface area contributed by atoms with Crippen LogP contribution < -0.4 is 10.2 Å². The fraction of sp³-hybridized carbons (Fsp3) is 0.615. The van der Waals surface area contributed by atoms with Gasteiger partial charge in [0.15, 0.2) is 0 Å². The molecule has 1 fully saturated rings. The molecule has 5 heteroatoms. The predicted octanol–water partition coefficient (Wildman–Crippen LogP) is 1.31. The van der Waals surface area contributed by atoms with Crippen molar-refractivity contribution in [2.75, 3.05) is 44.7 Å². The smallest absolute Gasteiger partial charge is 0.228 e. The van der Waals surface area contributed by atoms with E-state index in [4.69, 9.17) is 0 Å². The zero-order valence-electron chi connectivity index (χ0n) is 11.1. The van der Waals surface area contributed by atoms with Crippen LogP contribution in [0.15, 0.2) is 11.4 Å². The van der Waals surface area contributed by atoms with Crippen molar-refractivity contribution >= 4 is 22.2 Å². The van der Waals surface area contributed by atoms with E-state index in [9.17, 15) is 4.79 Å². The minimum atomic E-state index is 0.207. The third kappa shape index (κ3) is 3.31. The number of nitrogens with one attached hydrogen (secondary N) is 1. The molecule has 1 aliphatic heterocycles. The van der Waals surface area contributed by atoms with Crippen LogP contribution in [-0.2, 0) is 4.79 Å². The number of carbonyl (C=O) groups excluding carboxylic acids is 1. The molecule has 0 aromatic carbocycles. The zero-order chi connectivity index (χ0) is 13.0. The highest BCUT2D eigenvalue weighted by Gasteiger charge is 2.16. The number of nitrogens with zero attached hydrogens (tertiary/aromatic N) is 2. The molecule has 2 rings (SSSR count). The standard InChI is InChI=1S/C13H21N3OS/c1-11-4-10-18-13(11)15(2)12(17)3-7-16-8-5-14-6-9-16/h4,10,14H,3,5-9H2,1-2H3. The molecular formula is C13H21N3OS. The molecule has 0 unspecified atom stereocenters. The fourth-order valence-electron chi connectivity index (χ4n) is 2.18. The molecule has 0 radical (unpaired) electrons. The molecule has 1 saturated heterocycles. The molecule has 4 nitrogen and oxygen atoms in total. The van der Waals surface area contributed by atoms with Gasteiger partial charge < -0.3 is 15.1 Å². The lowest BCUT2D eigenvalue weighted by Gasteiger charge is -2.27. The molecule has 0 aliphatic carbocycles. The van der Waals surface area contributed by atoms with Gasteiger partial charge in [-0.05, 0) is 23.9 Å². The maximum absolute atomic E-state index is 12.1. The van der Waals surface area contributed by atoms with Crippen molar-refractivity contribution in [2.24, 2.45) is 0 Å². The normalized spacial score (nSPS) is 16.8. The Morgan fingerprint density at radius 2 is 2.22 bits per heavy atom. The Labute approximate surface area is 113 Å². The molecule has 1 aliphatic rings.